The summed E-state index contributed by atoms with van der Waals surface area (Å²) in [5.41, 5.74) is 0. The summed E-state index contributed by atoms with van der Waals surface area (Å²) in [5, 5.41) is 0. The zero-order valence-corrected chi connectivity index (χ0v) is 17.1. The lowest BCUT2D eigenvalue weighted by molar-refractivity contribution is 0.371. The number of hydrogen-bond donors (Lipinski definition) is 0. The minimum absolute atomic E-state index is 0.592. The van der Waals surface area contributed by atoms with Crippen molar-refractivity contribution in [3.05, 3.63) is 5.92 Å². The normalized spacial score (nSPS) is 16.2. The lowest BCUT2D eigenvalue weighted by Gasteiger charge is -2.40. The van der Waals surface area contributed by atoms with E-state index in [1.165, 1.54) is 5.92 Å². The molecule has 0 saturated carbocycles. The number of rotatable bonds is 7. The summed E-state index contributed by atoms with van der Waals surface area (Å²) in [5.74, 6) is 2.07. The van der Waals surface area contributed by atoms with Crippen LogP contribution in [-0.2, 0) is 8.23 Å². The predicted octanol–water partition coefficient (Wildman–Crippen LogP) is 5.01. The molecule has 0 N–H and O–H groups in total. The Labute approximate surface area is 118 Å². The van der Waals surface area contributed by atoms with Crippen LogP contribution in [0.5, 0.6) is 0 Å². The maximum Gasteiger partial charge on any atom is 0.314 e. The van der Waals surface area contributed by atoms with Crippen molar-refractivity contribution in [3.8, 4) is 0 Å². The number of hydrogen-bond acceptors (Lipinski definition) is 2. The highest BCUT2D eigenvalue weighted by molar-refractivity contribution is 6.87. The van der Waals surface area contributed by atoms with Gasteiger partial charge in [0.05, 0.1) is 0 Å². The van der Waals surface area contributed by atoms with Crippen molar-refractivity contribution in [1.82, 2.24) is 0 Å². The topological polar surface area (TPSA) is 18.5 Å². The smallest absolute Gasteiger partial charge is 0.314 e. The Morgan fingerprint density at radius 2 is 1.17 bits per heavy atom. The summed E-state index contributed by atoms with van der Waals surface area (Å²) in [6.07, 6.45) is 0. The quantitative estimate of drug-likeness (QED) is 0.615. The van der Waals surface area contributed by atoms with E-state index < -0.39 is 25.2 Å². The third-order valence-corrected chi connectivity index (χ3v) is 12.4. The van der Waals surface area contributed by atoms with Gasteiger partial charge in [0, 0.05) is 0 Å². The SMILES string of the molecule is C[C](C)C(C)C[Si](C)(O[Si](C)(C)C)O[Si](C)(C)C. The molecule has 0 amide bonds. The largest absolute Gasteiger partial charge is 0.437 e. The van der Waals surface area contributed by atoms with Crippen molar-refractivity contribution in [2.24, 2.45) is 5.92 Å². The van der Waals surface area contributed by atoms with Gasteiger partial charge < -0.3 is 8.23 Å². The summed E-state index contributed by atoms with van der Waals surface area (Å²) in [7, 11) is -5.13. The van der Waals surface area contributed by atoms with Gasteiger partial charge in [-0.1, -0.05) is 20.8 Å². The first-order valence-electron chi connectivity index (χ1n) is 6.94. The third kappa shape index (κ3) is 8.63. The van der Waals surface area contributed by atoms with Crippen LogP contribution in [0.3, 0.4) is 0 Å². The van der Waals surface area contributed by atoms with Gasteiger partial charge in [-0.2, -0.15) is 0 Å². The molecule has 2 nitrogen and oxygen atoms in total. The Hall–Kier alpha value is 0.571. The summed E-state index contributed by atoms with van der Waals surface area (Å²) >= 11 is 0. The van der Waals surface area contributed by atoms with E-state index in [0.29, 0.717) is 5.92 Å². The van der Waals surface area contributed by atoms with Gasteiger partial charge in [-0.05, 0) is 63.7 Å². The van der Waals surface area contributed by atoms with Crippen LogP contribution < -0.4 is 0 Å². The lowest BCUT2D eigenvalue weighted by atomic mass is 10.0. The van der Waals surface area contributed by atoms with Gasteiger partial charge in [-0.25, -0.2) is 0 Å². The summed E-state index contributed by atoms with van der Waals surface area (Å²) in [6, 6.07) is 1.09. The highest BCUT2D eigenvalue weighted by Gasteiger charge is 2.41. The molecule has 0 aromatic carbocycles. The molecule has 0 aromatic rings. The van der Waals surface area contributed by atoms with E-state index in [-0.39, 0.29) is 0 Å². The van der Waals surface area contributed by atoms with Crippen molar-refractivity contribution in [2.75, 3.05) is 0 Å². The second-order valence-corrected chi connectivity index (χ2v) is 20.5. The highest BCUT2D eigenvalue weighted by atomic mass is 28.5. The molecule has 0 aliphatic heterocycles. The van der Waals surface area contributed by atoms with Crippen LogP contribution in [0.4, 0.5) is 0 Å². The molecule has 0 rings (SSSR count). The van der Waals surface area contributed by atoms with Gasteiger partial charge in [-0.3, -0.25) is 0 Å². The van der Waals surface area contributed by atoms with Gasteiger partial charge in [0.2, 0.25) is 0 Å². The van der Waals surface area contributed by atoms with Gasteiger partial charge in [-0.15, -0.1) is 0 Å². The van der Waals surface area contributed by atoms with Crippen LogP contribution in [0.1, 0.15) is 20.8 Å². The van der Waals surface area contributed by atoms with E-state index in [4.69, 9.17) is 8.23 Å². The van der Waals surface area contributed by atoms with Crippen molar-refractivity contribution >= 4 is 25.2 Å². The van der Waals surface area contributed by atoms with Crippen molar-refractivity contribution < 1.29 is 8.23 Å². The summed E-state index contributed by atoms with van der Waals surface area (Å²) in [4.78, 5) is 0. The zero-order chi connectivity index (χ0) is 14.8. The second-order valence-electron chi connectivity index (χ2n) is 7.75. The molecule has 0 fully saturated rings. The van der Waals surface area contributed by atoms with E-state index in [0.717, 1.165) is 6.04 Å². The van der Waals surface area contributed by atoms with Crippen LogP contribution >= 0.6 is 0 Å². The third-order valence-electron chi connectivity index (χ3n) is 2.71. The molecule has 0 heterocycles. The lowest BCUT2D eigenvalue weighted by Crippen LogP contribution is -2.53. The minimum Gasteiger partial charge on any atom is -0.437 e. The average molecular weight is 306 g/mol. The maximum atomic E-state index is 6.50. The fourth-order valence-corrected chi connectivity index (χ4v) is 15.3. The van der Waals surface area contributed by atoms with Crippen LogP contribution in [0.15, 0.2) is 0 Å². The minimum atomic E-state index is -2.04. The molecule has 0 aliphatic rings. The molecule has 1 atom stereocenters. The first kappa shape index (κ1) is 18.6. The molecule has 0 aliphatic carbocycles. The first-order chi connectivity index (χ1) is 7.74. The zero-order valence-electron chi connectivity index (χ0n) is 14.1. The van der Waals surface area contributed by atoms with Crippen LogP contribution in [0.25, 0.3) is 0 Å². The van der Waals surface area contributed by atoms with Crippen LogP contribution in [0.2, 0.25) is 51.9 Å². The van der Waals surface area contributed by atoms with Crippen molar-refractivity contribution in [3.63, 3.8) is 0 Å². The van der Waals surface area contributed by atoms with Gasteiger partial charge in [0.15, 0.2) is 16.6 Å². The fourth-order valence-electron chi connectivity index (χ4n) is 2.16. The Morgan fingerprint density at radius 3 is 1.39 bits per heavy atom. The molecule has 18 heavy (non-hydrogen) atoms. The summed E-state index contributed by atoms with van der Waals surface area (Å²) in [6.45, 7) is 22.6. The summed E-state index contributed by atoms with van der Waals surface area (Å²) < 4.78 is 13.0. The first-order valence-corrected chi connectivity index (χ1v) is 16.3. The molecule has 0 bridgehead atoms. The monoisotopic (exact) mass is 305 g/mol. The molecule has 1 unspecified atom stereocenters. The highest BCUT2D eigenvalue weighted by Crippen LogP contribution is 2.30. The Balaban J connectivity index is 4.92. The van der Waals surface area contributed by atoms with E-state index in [9.17, 15) is 0 Å². The van der Waals surface area contributed by atoms with Crippen molar-refractivity contribution in [2.45, 2.75) is 72.6 Å². The second kappa shape index (κ2) is 6.35. The van der Waals surface area contributed by atoms with Gasteiger partial charge in [0.25, 0.3) is 0 Å². The van der Waals surface area contributed by atoms with E-state index >= 15 is 0 Å². The Kier molecular flexibility index (Phi) is 6.55. The maximum absolute atomic E-state index is 6.50. The molecule has 5 heteroatoms. The molecule has 0 saturated heterocycles. The average Bonchev–Trinajstić information content (AvgIpc) is 1.93. The molecular formula is C13H33O2Si3. The predicted molar refractivity (Wildman–Crippen MR) is 89.0 cm³/mol. The van der Waals surface area contributed by atoms with Gasteiger partial charge >= 0.3 is 8.56 Å². The van der Waals surface area contributed by atoms with Crippen molar-refractivity contribution in [1.29, 1.82) is 0 Å². The van der Waals surface area contributed by atoms with Crippen LogP contribution in [0, 0.1) is 11.8 Å². The standard InChI is InChI=1S/C13H33O2Si3/c1-12(2)13(3)11-18(10,14-16(4,5)6)15-17(7,8)9/h13H,11H2,1-10H3. The molecule has 1 radical (unpaired) electrons. The van der Waals surface area contributed by atoms with E-state index in [2.05, 4.69) is 66.6 Å². The van der Waals surface area contributed by atoms with E-state index in [1.54, 1.807) is 0 Å². The van der Waals surface area contributed by atoms with Crippen LogP contribution in [-0.4, -0.2) is 25.2 Å². The van der Waals surface area contributed by atoms with Gasteiger partial charge in [0.1, 0.15) is 0 Å². The van der Waals surface area contributed by atoms with E-state index in [1.807, 2.05) is 0 Å². The Bertz CT molecular complexity index is 238. The molecule has 0 aromatic heterocycles. The molecule has 109 valence electrons. The Morgan fingerprint density at radius 1 is 0.833 bits per heavy atom. The fraction of sp³-hybridized carbons (Fsp3) is 0.923. The molecular weight excluding hydrogens is 272 g/mol. The molecule has 0 spiro atoms.